The Labute approximate surface area is 111 Å². The van der Waals surface area contributed by atoms with Crippen molar-refractivity contribution in [1.29, 1.82) is 0 Å². The van der Waals surface area contributed by atoms with E-state index >= 15 is 0 Å². The minimum absolute atomic E-state index is 0.155. The number of nitrogens with zero attached hydrogens (tertiary/aromatic N) is 4. The lowest BCUT2D eigenvalue weighted by Gasteiger charge is -2.13. The van der Waals surface area contributed by atoms with Gasteiger partial charge in [-0.1, -0.05) is 6.07 Å². The van der Waals surface area contributed by atoms with Crippen molar-refractivity contribution in [2.45, 2.75) is 6.54 Å². The second-order valence-electron chi connectivity index (χ2n) is 4.28. The van der Waals surface area contributed by atoms with E-state index in [1.165, 1.54) is 4.68 Å². The lowest BCUT2D eigenvalue weighted by Crippen LogP contribution is -2.24. The summed E-state index contributed by atoms with van der Waals surface area (Å²) in [6, 6.07) is 5.22. The largest absolute Gasteiger partial charge is 0.481 e. The average Bonchev–Trinajstić information content (AvgIpc) is 2.41. The first kappa shape index (κ1) is 13.1. The maximum atomic E-state index is 12.0. The van der Waals surface area contributed by atoms with E-state index in [0.717, 1.165) is 11.3 Å². The van der Waals surface area contributed by atoms with Crippen LogP contribution in [0.1, 0.15) is 5.56 Å². The van der Waals surface area contributed by atoms with E-state index in [4.69, 9.17) is 4.74 Å². The molecule has 0 spiro atoms. The molecule has 19 heavy (non-hydrogen) atoms. The Morgan fingerprint density at radius 3 is 2.84 bits per heavy atom. The molecule has 0 saturated heterocycles. The van der Waals surface area contributed by atoms with Gasteiger partial charge in [-0.2, -0.15) is 5.10 Å². The first-order chi connectivity index (χ1) is 9.11. The molecule has 0 fully saturated rings. The molecule has 0 aliphatic rings. The van der Waals surface area contributed by atoms with Crippen LogP contribution in [0.15, 0.2) is 35.4 Å². The summed E-state index contributed by atoms with van der Waals surface area (Å²) in [7, 11) is 5.28. The van der Waals surface area contributed by atoms with Crippen molar-refractivity contribution in [2.75, 3.05) is 26.1 Å². The zero-order valence-corrected chi connectivity index (χ0v) is 11.2. The lowest BCUT2D eigenvalue weighted by atomic mass is 10.2. The van der Waals surface area contributed by atoms with Gasteiger partial charge in [-0.25, -0.2) is 9.67 Å². The van der Waals surface area contributed by atoms with Crippen molar-refractivity contribution < 1.29 is 4.74 Å². The van der Waals surface area contributed by atoms with Crippen LogP contribution in [0.4, 0.5) is 5.69 Å². The molecule has 0 amide bonds. The molecule has 0 atom stereocenters. The number of hydrogen-bond acceptors (Lipinski definition) is 5. The summed E-state index contributed by atoms with van der Waals surface area (Å²) in [5.74, 6) is 0.507. The van der Waals surface area contributed by atoms with Gasteiger partial charge in [-0.15, -0.1) is 0 Å². The molecule has 0 aliphatic heterocycles. The highest BCUT2D eigenvalue weighted by Crippen LogP contribution is 2.14. The van der Waals surface area contributed by atoms with Crippen LogP contribution in [0.2, 0.25) is 0 Å². The Morgan fingerprint density at radius 1 is 1.42 bits per heavy atom. The predicted octanol–water partition coefficient (Wildman–Crippen LogP) is 0.761. The molecule has 0 aliphatic carbocycles. The van der Waals surface area contributed by atoms with Crippen LogP contribution in [-0.2, 0) is 6.54 Å². The van der Waals surface area contributed by atoms with Gasteiger partial charge in [0, 0.05) is 31.9 Å². The van der Waals surface area contributed by atoms with Gasteiger partial charge in [0.2, 0.25) is 5.88 Å². The minimum atomic E-state index is -0.155. The van der Waals surface area contributed by atoms with Crippen LogP contribution in [0.5, 0.6) is 5.88 Å². The summed E-state index contributed by atoms with van der Waals surface area (Å²) >= 11 is 0. The van der Waals surface area contributed by atoms with Crippen LogP contribution in [0.25, 0.3) is 0 Å². The lowest BCUT2D eigenvalue weighted by molar-refractivity contribution is 0.389. The molecule has 0 saturated carbocycles. The van der Waals surface area contributed by atoms with Crippen molar-refractivity contribution in [2.24, 2.45) is 0 Å². The summed E-state index contributed by atoms with van der Waals surface area (Å²) in [6.45, 7) is 0.337. The third-order valence-electron chi connectivity index (χ3n) is 2.73. The minimum Gasteiger partial charge on any atom is -0.481 e. The standard InChI is InChI=1S/C13H16N4O2/c1-16(2)11-7-12(18)17(15-8-11)9-10-5-4-6-14-13(10)19-3/h4-8H,9H2,1-3H3. The van der Waals surface area contributed by atoms with E-state index in [1.54, 1.807) is 31.6 Å². The summed E-state index contributed by atoms with van der Waals surface area (Å²) in [4.78, 5) is 17.9. The zero-order chi connectivity index (χ0) is 13.8. The van der Waals surface area contributed by atoms with Crippen LogP contribution in [0, 0.1) is 0 Å². The smallest absolute Gasteiger partial charge is 0.269 e. The SMILES string of the molecule is COc1ncccc1Cn1ncc(N(C)C)cc1=O. The third kappa shape index (κ3) is 2.90. The summed E-state index contributed by atoms with van der Waals surface area (Å²) in [5, 5.41) is 4.15. The molecule has 6 nitrogen and oxygen atoms in total. The highest BCUT2D eigenvalue weighted by Gasteiger charge is 2.07. The van der Waals surface area contributed by atoms with E-state index in [2.05, 4.69) is 10.1 Å². The highest BCUT2D eigenvalue weighted by molar-refractivity contribution is 5.40. The molecule has 0 N–H and O–H groups in total. The third-order valence-corrected chi connectivity index (χ3v) is 2.73. The Hall–Kier alpha value is -2.37. The summed E-state index contributed by atoms with van der Waals surface area (Å²) in [6.07, 6.45) is 3.30. The van der Waals surface area contributed by atoms with Crippen LogP contribution < -0.4 is 15.2 Å². The fourth-order valence-electron chi connectivity index (χ4n) is 1.68. The summed E-state index contributed by atoms with van der Waals surface area (Å²) in [5.41, 5.74) is 1.44. The number of rotatable bonds is 4. The molecule has 2 aromatic heterocycles. The second-order valence-corrected chi connectivity index (χ2v) is 4.28. The van der Waals surface area contributed by atoms with Gasteiger partial charge in [-0.05, 0) is 6.07 Å². The van der Waals surface area contributed by atoms with Crippen LogP contribution in [0.3, 0.4) is 0 Å². The second kappa shape index (κ2) is 5.51. The zero-order valence-electron chi connectivity index (χ0n) is 11.2. The first-order valence-electron chi connectivity index (χ1n) is 5.84. The van der Waals surface area contributed by atoms with E-state index in [0.29, 0.717) is 12.4 Å². The van der Waals surface area contributed by atoms with E-state index in [-0.39, 0.29) is 5.56 Å². The van der Waals surface area contributed by atoms with Gasteiger partial charge in [0.1, 0.15) is 0 Å². The fourth-order valence-corrected chi connectivity index (χ4v) is 1.68. The fraction of sp³-hybridized carbons (Fsp3) is 0.308. The topological polar surface area (TPSA) is 60.2 Å². The van der Waals surface area contributed by atoms with Crippen LogP contribution in [-0.4, -0.2) is 36.0 Å². The normalized spacial score (nSPS) is 10.3. The van der Waals surface area contributed by atoms with Crippen LogP contribution >= 0.6 is 0 Å². The van der Waals surface area contributed by atoms with Gasteiger partial charge in [-0.3, -0.25) is 4.79 Å². The number of anilines is 1. The quantitative estimate of drug-likeness (QED) is 0.812. The van der Waals surface area contributed by atoms with E-state index in [1.807, 2.05) is 25.1 Å². The van der Waals surface area contributed by atoms with Crippen molar-refractivity contribution >= 4 is 5.69 Å². The summed E-state index contributed by atoms with van der Waals surface area (Å²) < 4.78 is 6.54. The number of hydrogen-bond donors (Lipinski definition) is 0. The van der Waals surface area contributed by atoms with Crippen molar-refractivity contribution in [3.63, 3.8) is 0 Å². The molecule has 2 heterocycles. The predicted molar refractivity (Wildman–Crippen MR) is 72.7 cm³/mol. The molecule has 0 radical (unpaired) electrons. The van der Waals surface area contributed by atoms with Crippen molar-refractivity contribution in [3.8, 4) is 5.88 Å². The molecule has 0 aromatic carbocycles. The van der Waals surface area contributed by atoms with Gasteiger partial charge in [0.15, 0.2) is 0 Å². The number of pyridine rings is 1. The molecular formula is C13H16N4O2. The van der Waals surface area contributed by atoms with Gasteiger partial charge >= 0.3 is 0 Å². The number of aromatic nitrogens is 3. The highest BCUT2D eigenvalue weighted by atomic mass is 16.5. The average molecular weight is 260 g/mol. The number of ether oxygens (including phenoxy) is 1. The molecule has 2 rings (SSSR count). The molecular weight excluding hydrogens is 244 g/mol. The maximum absolute atomic E-state index is 12.0. The first-order valence-corrected chi connectivity index (χ1v) is 5.84. The molecule has 0 unspecified atom stereocenters. The Bertz CT molecular complexity index is 622. The van der Waals surface area contributed by atoms with Crippen molar-refractivity contribution in [3.05, 3.63) is 46.5 Å². The van der Waals surface area contributed by atoms with Gasteiger partial charge in [0.05, 0.1) is 25.5 Å². The van der Waals surface area contributed by atoms with E-state index < -0.39 is 0 Å². The Balaban J connectivity index is 2.31. The molecule has 2 aromatic rings. The molecule has 6 heteroatoms. The van der Waals surface area contributed by atoms with Crippen molar-refractivity contribution in [1.82, 2.24) is 14.8 Å². The monoisotopic (exact) mass is 260 g/mol. The molecule has 0 bridgehead atoms. The molecule has 100 valence electrons. The van der Waals surface area contributed by atoms with Gasteiger partial charge < -0.3 is 9.64 Å². The Morgan fingerprint density at radius 2 is 2.21 bits per heavy atom. The maximum Gasteiger partial charge on any atom is 0.269 e. The number of methoxy groups -OCH3 is 1. The van der Waals surface area contributed by atoms with E-state index in [9.17, 15) is 4.79 Å². The Kier molecular flexibility index (Phi) is 3.79. The van der Waals surface area contributed by atoms with Gasteiger partial charge in [0.25, 0.3) is 5.56 Å².